The number of nitrogens with zero attached hydrogens (tertiary/aromatic N) is 1. The highest BCUT2D eigenvalue weighted by Crippen LogP contribution is 2.59. The van der Waals surface area contributed by atoms with E-state index in [1.54, 1.807) is 0 Å². The standard InChI is InChI=1S/C11H9F18NO4S2Si/c1-37(2,3)30(35(31,32)10(26,27)6(16,17)4(12,13)8(20,21)22)36(33,34)11(28,29)7(18,19)5(14,15)9(23,24)25/h1-3H3. The van der Waals surface area contributed by atoms with E-state index in [1.807, 2.05) is 0 Å². The number of rotatable bonds is 9. The molecule has 0 atom stereocenters. The molecule has 0 rings (SSSR count). The van der Waals surface area contributed by atoms with Gasteiger partial charge in [0, 0.05) is 0 Å². The first-order valence-corrected chi connectivity index (χ1v) is 14.4. The van der Waals surface area contributed by atoms with Crippen LogP contribution in [0.2, 0.25) is 19.6 Å². The Morgan fingerprint density at radius 3 is 0.757 bits per heavy atom. The average molecular weight is 653 g/mol. The SMILES string of the molecule is C[Si](C)(C)N(S(=O)(=O)C(F)(F)C(F)(F)C(F)(F)C(F)(F)F)S(=O)(=O)C(F)(F)C(F)(F)C(F)(F)C(F)(F)F. The van der Waals surface area contributed by atoms with Crippen LogP contribution in [-0.2, 0) is 20.0 Å². The summed E-state index contributed by atoms with van der Waals surface area (Å²) in [5.41, 5.74) is 0. The molecule has 224 valence electrons. The molecule has 0 spiro atoms. The molecule has 0 unspecified atom stereocenters. The molecule has 0 radical (unpaired) electrons. The third-order valence-electron chi connectivity index (χ3n) is 3.86. The van der Waals surface area contributed by atoms with Crippen LogP contribution < -0.4 is 0 Å². The Balaban J connectivity index is 7.63. The lowest BCUT2D eigenvalue weighted by Gasteiger charge is -2.41. The van der Waals surface area contributed by atoms with Gasteiger partial charge in [0.2, 0.25) is 0 Å². The zero-order valence-electron chi connectivity index (χ0n) is 17.2. The summed E-state index contributed by atoms with van der Waals surface area (Å²) in [6.07, 6.45) is -15.5. The number of sulfonamides is 2. The van der Waals surface area contributed by atoms with Gasteiger partial charge in [0.1, 0.15) is 0 Å². The zero-order valence-corrected chi connectivity index (χ0v) is 19.8. The van der Waals surface area contributed by atoms with Crippen LogP contribution in [0, 0.1) is 0 Å². The van der Waals surface area contributed by atoms with Crippen LogP contribution in [0.3, 0.4) is 0 Å². The zero-order chi connectivity index (χ0) is 31.1. The minimum absolute atomic E-state index is 0.158. The molecule has 37 heavy (non-hydrogen) atoms. The van der Waals surface area contributed by atoms with Crippen molar-refractivity contribution in [3.8, 4) is 0 Å². The molecule has 0 aromatic rings. The number of alkyl halides is 18. The lowest BCUT2D eigenvalue weighted by Crippen LogP contribution is -2.72. The van der Waals surface area contributed by atoms with E-state index in [0.717, 1.165) is 0 Å². The number of hydrogen-bond acceptors (Lipinski definition) is 4. The normalized spacial score (nSPS) is 16.9. The third-order valence-corrected chi connectivity index (χ3v) is 13.5. The molecular formula is C11H9F18NO4S2Si. The Hall–Kier alpha value is -1.18. The number of halogens is 18. The highest BCUT2D eigenvalue weighted by molar-refractivity contribution is 8.07. The second-order valence-corrected chi connectivity index (χ2v) is 17.0. The van der Waals surface area contributed by atoms with Crippen molar-refractivity contribution in [1.82, 2.24) is 3.38 Å². The molecule has 0 aromatic heterocycles. The van der Waals surface area contributed by atoms with Crippen LogP contribution in [0.1, 0.15) is 0 Å². The van der Waals surface area contributed by atoms with Crippen LogP contribution in [0.25, 0.3) is 0 Å². The van der Waals surface area contributed by atoms with E-state index < -0.39 is 78.2 Å². The van der Waals surface area contributed by atoms with Crippen LogP contribution in [0.15, 0.2) is 0 Å². The Kier molecular flexibility index (Phi) is 8.38. The molecule has 5 nitrogen and oxygen atoms in total. The van der Waals surface area contributed by atoms with Crippen molar-refractivity contribution in [2.24, 2.45) is 0 Å². The van der Waals surface area contributed by atoms with Crippen molar-refractivity contribution in [3.63, 3.8) is 0 Å². The van der Waals surface area contributed by atoms with Crippen LogP contribution in [0.4, 0.5) is 79.0 Å². The second-order valence-electron chi connectivity index (χ2n) is 7.70. The van der Waals surface area contributed by atoms with E-state index in [2.05, 4.69) is 0 Å². The lowest BCUT2D eigenvalue weighted by molar-refractivity contribution is -0.382. The van der Waals surface area contributed by atoms with Crippen molar-refractivity contribution in [1.29, 1.82) is 0 Å². The first-order chi connectivity index (χ1) is 15.4. The van der Waals surface area contributed by atoms with Crippen LogP contribution in [-0.4, -0.2) is 75.0 Å². The minimum atomic E-state index is -8.74. The summed E-state index contributed by atoms with van der Waals surface area (Å²) in [6, 6.07) is 0. The summed E-state index contributed by atoms with van der Waals surface area (Å²) < 4.78 is 281. The Bertz CT molecular complexity index is 1010. The van der Waals surface area contributed by atoms with Gasteiger partial charge in [0.05, 0.1) is 0 Å². The fourth-order valence-electron chi connectivity index (χ4n) is 2.10. The summed E-state index contributed by atoms with van der Waals surface area (Å²) >= 11 is 0. The van der Waals surface area contributed by atoms with E-state index >= 15 is 0 Å². The summed E-state index contributed by atoms with van der Waals surface area (Å²) in [7, 11) is -23.1. The van der Waals surface area contributed by atoms with Gasteiger partial charge in [-0.1, -0.05) is 19.6 Å². The highest BCUT2D eigenvalue weighted by atomic mass is 32.3. The lowest BCUT2D eigenvalue weighted by atomic mass is 10.1. The predicted octanol–water partition coefficient (Wildman–Crippen LogP) is 5.63. The maximum atomic E-state index is 14.1. The molecule has 0 aliphatic carbocycles. The van der Waals surface area contributed by atoms with Crippen LogP contribution >= 0.6 is 0 Å². The Labute approximate surface area is 194 Å². The minimum Gasteiger partial charge on any atom is -0.205 e. The first-order valence-electron chi connectivity index (χ1n) is 8.07. The van der Waals surface area contributed by atoms with Crippen molar-refractivity contribution >= 4 is 28.3 Å². The fraction of sp³-hybridized carbons (Fsp3) is 1.00. The first kappa shape index (κ1) is 35.8. The average Bonchev–Trinajstić information content (AvgIpc) is 2.56. The van der Waals surface area contributed by atoms with Crippen molar-refractivity contribution < 1.29 is 95.9 Å². The van der Waals surface area contributed by atoms with Gasteiger partial charge in [-0.2, -0.15) is 79.0 Å². The van der Waals surface area contributed by atoms with Gasteiger partial charge in [-0.05, 0) is 0 Å². The van der Waals surface area contributed by atoms with Gasteiger partial charge in [-0.25, -0.2) is 16.8 Å². The van der Waals surface area contributed by atoms with Gasteiger partial charge < -0.3 is 0 Å². The van der Waals surface area contributed by atoms with Gasteiger partial charge in [-0.3, -0.25) is 0 Å². The molecule has 0 saturated carbocycles. The molecular weight excluding hydrogens is 644 g/mol. The van der Waals surface area contributed by atoms with Crippen LogP contribution in [0.5, 0.6) is 0 Å². The van der Waals surface area contributed by atoms with Gasteiger partial charge in [-0.15, -0.1) is 3.38 Å². The van der Waals surface area contributed by atoms with E-state index in [9.17, 15) is 95.9 Å². The summed E-state index contributed by atoms with van der Waals surface area (Å²) in [5.74, 6) is -32.9. The molecule has 0 saturated heterocycles. The quantitative estimate of drug-likeness (QED) is 0.239. The Morgan fingerprint density at radius 2 is 0.622 bits per heavy atom. The summed E-state index contributed by atoms with van der Waals surface area (Å²) in [4.78, 5) is 0. The number of hydrogen-bond donors (Lipinski definition) is 0. The second kappa shape index (κ2) is 8.66. The van der Waals surface area contributed by atoms with E-state index in [1.165, 1.54) is 0 Å². The molecule has 0 aromatic carbocycles. The molecule has 0 heterocycles. The predicted molar refractivity (Wildman–Crippen MR) is 84.8 cm³/mol. The monoisotopic (exact) mass is 653 g/mol. The molecule has 0 fully saturated rings. The van der Waals surface area contributed by atoms with Crippen molar-refractivity contribution in [2.75, 3.05) is 0 Å². The fourth-order valence-corrected chi connectivity index (χ4v) is 11.5. The van der Waals surface area contributed by atoms with Gasteiger partial charge >= 0.3 is 46.6 Å². The van der Waals surface area contributed by atoms with E-state index in [0.29, 0.717) is 0 Å². The largest absolute Gasteiger partial charge is 0.460 e. The van der Waals surface area contributed by atoms with Gasteiger partial charge in [0.25, 0.3) is 20.0 Å². The summed E-state index contributed by atoms with van der Waals surface area (Å²) in [6.45, 7) is -0.475. The highest BCUT2D eigenvalue weighted by Gasteiger charge is 2.89. The third kappa shape index (κ3) is 4.75. The Morgan fingerprint density at radius 1 is 0.432 bits per heavy atom. The molecule has 0 bridgehead atoms. The maximum Gasteiger partial charge on any atom is 0.460 e. The molecule has 26 heteroatoms. The molecule has 0 N–H and O–H groups in total. The topological polar surface area (TPSA) is 71.5 Å². The summed E-state index contributed by atoms with van der Waals surface area (Å²) in [5, 5.41) is -16.3. The molecule has 0 aliphatic rings. The van der Waals surface area contributed by atoms with Crippen molar-refractivity contribution in [2.45, 2.75) is 66.2 Å². The van der Waals surface area contributed by atoms with E-state index in [4.69, 9.17) is 0 Å². The smallest absolute Gasteiger partial charge is 0.205 e. The van der Waals surface area contributed by atoms with E-state index in [-0.39, 0.29) is 19.6 Å². The van der Waals surface area contributed by atoms with Gasteiger partial charge in [0.15, 0.2) is 8.24 Å². The maximum absolute atomic E-state index is 14.1. The van der Waals surface area contributed by atoms with Crippen molar-refractivity contribution in [3.05, 3.63) is 0 Å². The molecule has 0 amide bonds. The molecule has 0 aliphatic heterocycles.